The Bertz CT molecular complexity index is 591. The summed E-state index contributed by atoms with van der Waals surface area (Å²) in [6, 6.07) is 6.47. The van der Waals surface area contributed by atoms with Gasteiger partial charge in [0.15, 0.2) is 0 Å². The molecule has 0 saturated heterocycles. The van der Waals surface area contributed by atoms with Crippen LogP contribution < -0.4 is 10.6 Å². The Hall–Kier alpha value is -1.46. The highest BCUT2D eigenvalue weighted by molar-refractivity contribution is 7.80. The Labute approximate surface area is 129 Å². The van der Waals surface area contributed by atoms with Crippen molar-refractivity contribution in [3.63, 3.8) is 0 Å². The molecule has 0 saturated carbocycles. The van der Waals surface area contributed by atoms with E-state index in [2.05, 4.69) is 41.2 Å². The molecule has 2 aromatic heterocycles. The van der Waals surface area contributed by atoms with Crippen LogP contribution in [0, 0.1) is 6.92 Å². The maximum absolute atomic E-state index is 5.89. The zero-order valence-electron chi connectivity index (χ0n) is 12.0. The predicted octanol–water partition coefficient (Wildman–Crippen LogP) is 3.50. The van der Waals surface area contributed by atoms with Crippen molar-refractivity contribution in [2.24, 2.45) is 5.73 Å². The number of pyridine rings is 1. The monoisotopic (exact) mass is 305 g/mol. The van der Waals surface area contributed by atoms with Gasteiger partial charge in [-0.15, -0.1) is 11.3 Å². The second-order valence-corrected chi connectivity index (χ2v) is 6.46. The topological polar surface area (TPSA) is 42.2 Å². The number of nitrogens with two attached hydrogens (primary N) is 1. The van der Waals surface area contributed by atoms with Gasteiger partial charge in [-0.25, -0.2) is 4.98 Å². The van der Waals surface area contributed by atoms with Crippen molar-refractivity contribution >= 4 is 34.4 Å². The minimum Gasteiger partial charge on any atom is -0.389 e. The smallest absolute Gasteiger partial charge is 0.139 e. The number of thiocarbonyl (C=S) groups is 1. The lowest BCUT2D eigenvalue weighted by atomic mass is 10.1. The third-order valence-electron chi connectivity index (χ3n) is 3.19. The maximum atomic E-state index is 5.89. The molecule has 2 heterocycles. The van der Waals surface area contributed by atoms with Gasteiger partial charge in [0.25, 0.3) is 0 Å². The first kappa shape index (κ1) is 14.9. The number of rotatable bonds is 5. The molecule has 0 fully saturated rings. The van der Waals surface area contributed by atoms with Crippen LogP contribution in [0.1, 0.15) is 29.9 Å². The highest BCUT2D eigenvalue weighted by atomic mass is 32.1. The van der Waals surface area contributed by atoms with Crippen molar-refractivity contribution in [2.45, 2.75) is 33.4 Å². The van der Waals surface area contributed by atoms with Crippen LogP contribution in [0.2, 0.25) is 0 Å². The van der Waals surface area contributed by atoms with E-state index in [-0.39, 0.29) is 0 Å². The molecule has 0 aliphatic heterocycles. The van der Waals surface area contributed by atoms with Gasteiger partial charge in [0.1, 0.15) is 10.8 Å². The van der Waals surface area contributed by atoms with Crippen molar-refractivity contribution < 1.29 is 0 Å². The molecule has 2 N–H and O–H groups in total. The van der Waals surface area contributed by atoms with E-state index in [4.69, 9.17) is 18.0 Å². The van der Waals surface area contributed by atoms with Gasteiger partial charge < -0.3 is 10.6 Å². The summed E-state index contributed by atoms with van der Waals surface area (Å²) in [5, 5.41) is 2.09. The highest BCUT2D eigenvalue weighted by Crippen LogP contribution is 2.25. The van der Waals surface area contributed by atoms with Gasteiger partial charge in [0.05, 0.1) is 12.1 Å². The lowest BCUT2D eigenvalue weighted by Crippen LogP contribution is -2.33. The fourth-order valence-electron chi connectivity index (χ4n) is 2.14. The number of anilines is 1. The first-order chi connectivity index (χ1) is 9.50. The zero-order valence-corrected chi connectivity index (χ0v) is 13.6. The molecule has 0 amide bonds. The Morgan fingerprint density at radius 1 is 1.45 bits per heavy atom. The first-order valence-corrected chi connectivity index (χ1v) is 7.84. The van der Waals surface area contributed by atoms with Crippen molar-refractivity contribution in [1.82, 2.24) is 4.98 Å². The van der Waals surface area contributed by atoms with Gasteiger partial charge in [-0.3, -0.25) is 0 Å². The third-order valence-corrected chi connectivity index (χ3v) is 4.25. The van der Waals surface area contributed by atoms with E-state index < -0.39 is 0 Å². The fraction of sp³-hybridized carbons (Fsp3) is 0.333. The van der Waals surface area contributed by atoms with Gasteiger partial charge in [-0.1, -0.05) is 18.3 Å². The Kier molecular flexibility index (Phi) is 4.73. The summed E-state index contributed by atoms with van der Waals surface area (Å²) >= 11 is 6.95. The summed E-state index contributed by atoms with van der Waals surface area (Å²) in [5.41, 5.74) is 7.85. The molecule has 0 aromatic carbocycles. The van der Waals surface area contributed by atoms with Crippen LogP contribution in [-0.2, 0) is 6.54 Å². The predicted molar refractivity (Wildman–Crippen MR) is 90.5 cm³/mol. The Balaban J connectivity index is 2.44. The lowest BCUT2D eigenvalue weighted by Gasteiger charge is -2.29. The Morgan fingerprint density at radius 2 is 2.20 bits per heavy atom. The molecule has 0 radical (unpaired) electrons. The normalized spacial score (nSPS) is 10.8. The standard InChI is InChI=1S/C15H19N3S2/c1-10(2)18(9-12-5-4-8-20-12)15-13(14(16)19)11(3)6-7-17-15/h4-8,10H,9H2,1-3H3,(H2,16,19). The number of thiophene rings is 1. The largest absolute Gasteiger partial charge is 0.389 e. The molecule has 0 aliphatic carbocycles. The van der Waals surface area contributed by atoms with Gasteiger partial charge in [0, 0.05) is 17.1 Å². The van der Waals surface area contributed by atoms with Crippen LogP contribution in [0.15, 0.2) is 29.8 Å². The number of aromatic nitrogens is 1. The molecule has 106 valence electrons. The van der Waals surface area contributed by atoms with Crippen molar-refractivity contribution in [3.8, 4) is 0 Å². The summed E-state index contributed by atoms with van der Waals surface area (Å²) in [7, 11) is 0. The molecule has 0 unspecified atom stereocenters. The third kappa shape index (κ3) is 3.16. The quantitative estimate of drug-likeness (QED) is 0.859. The van der Waals surface area contributed by atoms with Crippen LogP contribution in [0.4, 0.5) is 5.82 Å². The molecule has 5 heteroatoms. The summed E-state index contributed by atoms with van der Waals surface area (Å²) in [6.45, 7) is 7.15. The van der Waals surface area contributed by atoms with E-state index in [1.807, 2.05) is 19.2 Å². The van der Waals surface area contributed by atoms with Gasteiger partial charge in [-0.2, -0.15) is 0 Å². The zero-order chi connectivity index (χ0) is 14.7. The minimum absolute atomic E-state index is 0.319. The van der Waals surface area contributed by atoms with Crippen molar-refractivity contribution in [1.29, 1.82) is 0 Å². The van der Waals surface area contributed by atoms with Gasteiger partial charge >= 0.3 is 0 Å². The SMILES string of the molecule is Cc1ccnc(N(Cc2cccs2)C(C)C)c1C(N)=S. The van der Waals surface area contributed by atoms with E-state index in [0.29, 0.717) is 11.0 Å². The van der Waals surface area contributed by atoms with Crippen molar-refractivity contribution in [3.05, 3.63) is 45.8 Å². The van der Waals surface area contributed by atoms with Gasteiger partial charge in [-0.05, 0) is 43.8 Å². The number of nitrogens with zero attached hydrogens (tertiary/aromatic N) is 2. The van der Waals surface area contributed by atoms with Crippen LogP contribution >= 0.6 is 23.6 Å². The summed E-state index contributed by atoms with van der Waals surface area (Å²) in [6.07, 6.45) is 1.82. The number of hydrogen-bond acceptors (Lipinski definition) is 4. The molecule has 0 atom stereocenters. The molecular formula is C15H19N3S2. The van der Waals surface area contributed by atoms with E-state index in [9.17, 15) is 0 Å². The molecule has 0 bridgehead atoms. The second kappa shape index (κ2) is 6.33. The summed E-state index contributed by atoms with van der Waals surface area (Å²) in [5.74, 6) is 0.876. The molecular weight excluding hydrogens is 286 g/mol. The van der Waals surface area contributed by atoms with E-state index in [1.165, 1.54) is 4.88 Å². The first-order valence-electron chi connectivity index (χ1n) is 6.55. The lowest BCUT2D eigenvalue weighted by molar-refractivity contribution is 0.676. The van der Waals surface area contributed by atoms with Crippen LogP contribution in [0.3, 0.4) is 0 Å². The fourth-order valence-corrected chi connectivity index (χ4v) is 3.09. The van der Waals surface area contributed by atoms with E-state index in [1.54, 1.807) is 11.3 Å². The minimum atomic E-state index is 0.319. The van der Waals surface area contributed by atoms with E-state index >= 15 is 0 Å². The van der Waals surface area contributed by atoms with Crippen LogP contribution in [0.5, 0.6) is 0 Å². The van der Waals surface area contributed by atoms with Crippen LogP contribution in [-0.4, -0.2) is 16.0 Å². The summed E-state index contributed by atoms with van der Waals surface area (Å²) < 4.78 is 0. The average Bonchev–Trinajstić information content (AvgIpc) is 2.87. The molecule has 20 heavy (non-hydrogen) atoms. The van der Waals surface area contributed by atoms with Gasteiger partial charge in [0.2, 0.25) is 0 Å². The molecule has 0 spiro atoms. The average molecular weight is 305 g/mol. The van der Waals surface area contributed by atoms with Crippen molar-refractivity contribution in [2.75, 3.05) is 4.90 Å². The van der Waals surface area contributed by atoms with Crippen LogP contribution in [0.25, 0.3) is 0 Å². The van der Waals surface area contributed by atoms with E-state index in [0.717, 1.165) is 23.5 Å². The molecule has 2 rings (SSSR count). The molecule has 2 aromatic rings. The maximum Gasteiger partial charge on any atom is 0.139 e. The highest BCUT2D eigenvalue weighted by Gasteiger charge is 2.19. The second-order valence-electron chi connectivity index (χ2n) is 4.99. The number of aryl methyl sites for hydroxylation is 1. The number of hydrogen-bond donors (Lipinski definition) is 1. The molecule has 3 nitrogen and oxygen atoms in total. The summed E-state index contributed by atoms with van der Waals surface area (Å²) in [4.78, 5) is 8.48. The Morgan fingerprint density at radius 3 is 2.75 bits per heavy atom. The molecule has 0 aliphatic rings.